The fourth-order valence-corrected chi connectivity index (χ4v) is 8.21. The van der Waals surface area contributed by atoms with Gasteiger partial charge in [-0.3, -0.25) is 14.4 Å². The number of unbranched alkanes of at least 4 members (excludes halogenated alkanes) is 31. The van der Waals surface area contributed by atoms with E-state index >= 15 is 0 Å². The van der Waals surface area contributed by atoms with E-state index in [2.05, 4.69) is 93.7 Å². The summed E-state index contributed by atoms with van der Waals surface area (Å²) in [6, 6.07) is 0. The van der Waals surface area contributed by atoms with Crippen LogP contribution in [0.4, 0.5) is 0 Å². The summed E-state index contributed by atoms with van der Waals surface area (Å²) in [6.45, 7) is 6.57. The van der Waals surface area contributed by atoms with E-state index in [1.165, 1.54) is 186 Å². The van der Waals surface area contributed by atoms with Crippen LogP contribution >= 0.6 is 0 Å². The van der Waals surface area contributed by atoms with Crippen molar-refractivity contribution in [2.24, 2.45) is 0 Å². The van der Waals surface area contributed by atoms with Crippen molar-refractivity contribution in [2.75, 3.05) is 13.2 Å². The molecule has 0 heterocycles. The van der Waals surface area contributed by atoms with Crippen LogP contribution in [0.5, 0.6) is 0 Å². The van der Waals surface area contributed by atoms with Gasteiger partial charge in [-0.1, -0.05) is 241 Å². The molecule has 0 aliphatic rings. The van der Waals surface area contributed by atoms with Gasteiger partial charge < -0.3 is 14.2 Å². The molecule has 398 valence electrons. The van der Waals surface area contributed by atoms with Gasteiger partial charge in [-0.2, -0.15) is 0 Å². The molecule has 0 bridgehead atoms. The summed E-state index contributed by atoms with van der Waals surface area (Å²) in [5.41, 5.74) is 0. The van der Waals surface area contributed by atoms with E-state index in [0.29, 0.717) is 19.3 Å². The minimum absolute atomic E-state index is 0.0977. The highest BCUT2D eigenvalue weighted by Gasteiger charge is 2.19. The molecule has 69 heavy (non-hydrogen) atoms. The standard InChI is InChI=1S/C63H110O6/c1-4-7-10-13-16-19-22-25-28-30-31-33-35-38-41-44-47-50-53-56-62(65)68-59-60(58-67-61(64)55-52-49-46-43-40-37-34-27-24-21-18-15-12-9-6-3)69-63(66)57-54-51-48-45-42-39-36-32-29-26-23-20-17-14-11-8-5-2/h16,19,21-22,24-26,29,36,39,45,48,60H,4-15,17-18,20,23,27-28,30-35,37-38,40-44,46-47,49-59H2,1-3H3/b19-16-,24-21-,25-22-,29-26-,39-36-,48-45-. The fraction of sp³-hybridized carbons (Fsp3) is 0.762. The molecule has 0 aliphatic heterocycles. The Morgan fingerprint density at radius 3 is 1.00 bits per heavy atom. The average Bonchev–Trinajstić information content (AvgIpc) is 3.35. The summed E-state index contributed by atoms with van der Waals surface area (Å²) in [4.78, 5) is 38.2. The van der Waals surface area contributed by atoms with Gasteiger partial charge in [0.05, 0.1) is 0 Å². The molecule has 0 amide bonds. The lowest BCUT2D eigenvalue weighted by molar-refractivity contribution is -0.167. The zero-order valence-electron chi connectivity index (χ0n) is 45.6. The van der Waals surface area contributed by atoms with Crippen LogP contribution < -0.4 is 0 Å². The Hall–Kier alpha value is -3.15. The highest BCUT2D eigenvalue weighted by molar-refractivity contribution is 5.71. The third-order valence-corrected chi connectivity index (χ3v) is 12.7. The lowest BCUT2D eigenvalue weighted by atomic mass is 10.1. The monoisotopic (exact) mass is 963 g/mol. The minimum atomic E-state index is -0.805. The number of rotatable bonds is 53. The zero-order valence-corrected chi connectivity index (χ0v) is 45.6. The van der Waals surface area contributed by atoms with Crippen molar-refractivity contribution in [1.82, 2.24) is 0 Å². The van der Waals surface area contributed by atoms with Gasteiger partial charge in [0.15, 0.2) is 6.10 Å². The van der Waals surface area contributed by atoms with Crippen LogP contribution in [0.15, 0.2) is 72.9 Å². The highest BCUT2D eigenvalue weighted by atomic mass is 16.6. The van der Waals surface area contributed by atoms with Crippen LogP contribution in [0.2, 0.25) is 0 Å². The SMILES string of the molecule is CCCCC/C=C\C=C/CCCCCCCCCCCCC(=O)OCC(COC(=O)CCCCCCCCC/C=C\CCCCCC)OC(=O)CCC/C=C\C/C=C\C/C=C\CCCCCCCC. The molecule has 0 aromatic rings. The maximum absolute atomic E-state index is 12.8. The number of esters is 3. The topological polar surface area (TPSA) is 78.9 Å². The molecule has 6 nitrogen and oxygen atoms in total. The molecule has 6 heteroatoms. The second-order valence-corrected chi connectivity index (χ2v) is 19.6. The molecule has 0 radical (unpaired) electrons. The Morgan fingerprint density at radius 2 is 0.580 bits per heavy atom. The summed E-state index contributed by atoms with van der Waals surface area (Å²) in [6.07, 6.45) is 73.2. The number of carbonyl (C=O) groups is 3. The Morgan fingerprint density at radius 1 is 0.304 bits per heavy atom. The first-order valence-electron chi connectivity index (χ1n) is 29.5. The molecule has 0 aliphatic carbocycles. The smallest absolute Gasteiger partial charge is 0.306 e. The minimum Gasteiger partial charge on any atom is -0.462 e. The molecule has 0 saturated carbocycles. The molecule has 0 fully saturated rings. The second-order valence-electron chi connectivity index (χ2n) is 19.6. The summed E-state index contributed by atoms with van der Waals surface area (Å²) >= 11 is 0. The van der Waals surface area contributed by atoms with Crippen LogP contribution in [-0.2, 0) is 28.6 Å². The first-order valence-corrected chi connectivity index (χ1v) is 29.5. The largest absolute Gasteiger partial charge is 0.462 e. The van der Waals surface area contributed by atoms with E-state index in [1.807, 2.05) is 0 Å². The third kappa shape index (κ3) is 55.6. The molecular formula is C63H110O6. The van der Waals surface area contributed by atoms with E-state index < -0.39 is 6.10 Å². The van der Waals surface area contributed by atoms with E-state index in [1.54, 1.807) is 0 Å². The summed E-state index contributed by atoms with van der Waals surface area (Å²) < 4.78 is 16.8. The fourth-order valence-electron chi connectivity index (χ4n) is 8.21. The van der Waals surface area contributed by atoms with Crippen LogP contribution in [0.25, 0.3) is 0 Å². The average molecular weight is 964 g/mol. The summed E-state index contributed by atoms with van der Waals surface area (Å²) in [5, 5.41) is 0. The second kappa shape index (κ2) is 57.4. The summed E-state index contributed by atoms with van der Waals surface area (Å²) in [7, 11) is 0. The maximum atomic E-state index is 12.8. The van der Waals surface area contributed by atoms with Crippen LogP contribution in [0.3, 0.4) is 0 Å². The Labute approximate surface area is 427 Å². The molecule has 0 spiro atoms. The molecular weight excluding hydrogens is 853 g/mol. The lowest BCUT2D eigenvalue weighted by Crippen LogP contribution is -2.30. The van der Waals surface area contributed by atoms with Gasteiger partial charge in [0.1, 0.15) is 13.2 Å². The van der Waals surface area contributed by atoms with E-state index in [0.717, 1.165) is 57.8 Å². The van der Waals surface area contributed by atoms with E-state index in [4.69, 9.17) is 14.2 Å². The van der Waals surface area contributed by atoms with Crippen molar-refractivity contribution in [3.63, 3.8) is 0 Å². The van der Waals surface area contributed by atoms with E-state index in [-0.39, 0.29) is 37.5 Å². The molecule has 0 aromatic heterocycles. The Kier molecular flexibility index (Phi) is 54.8. The summed E-state index contributed by atoms with van der Waals surface area (Å²) in [5.74, 6) is -0.949. The van der Waals surface area contributed by atoms with Crippen molar-refractivity contribution >= 4 is 17.9 Å². The predicted molar refractivity (Wildman–Crippen MR) is 298 cm³/mol. The third-order valence-electron chi connectivity index (χ3n) is 12.7. The Balaban J connectivity index is 4.44. The molecule has 0 N–H and O–H groups in total. The van der Waals surface area contributed by atoms with Gasteiger partial charge in [0.25, 0.3) is 0 Å². The zero-order chi connectivity index (χ0) is 50.0. The van der Waals surface area contributed by atoms with Crippen molar-refractivity contribution in [3.05, 3.63) is 72.9 Å². The normalized spacial score (nSPS) is 12.6. The van der Waals surface area contributed by atoms with Gasteiger partial charge in [-0.15, -0.1) is 0 Å². The molecule has 0 rings (SSSR count). The van der Waals surface area contributed by atoms with Crippen molar-refractivity contribution in [3.8, 4) is 0 Å². The van der Waals surface area contributed by atoms with Crippen LogP contribution in [-0.4, -0.2) is 37.2 Å². The Bertz CT molecular complexity index is 1290. The van der Waals surface area contributed by atoms with Crippen molar-refractivity contribution < 1.29 is 28.6 Å². The quantitative estimate of drug-likeness (QED) is 0.0199. The molecule has 1 atom stereocenters. The van der Waals surface area contributed by atoms with Gasteiger partial charge in [0, 0.05) is 19.3 Å². The van der Waals surface area contributed by atoms with Crippen molar-refractivity contribution in [2.45, 2.75) is 297 Å². The number of hydrogen-bond acceptors (Lipinski definition) is 6. The molecule has 0 aromatic carbocycles. The van der Waals surface area contributed by atoms with Gasteiger partial charge in [-0.05, 0) is 103 Å². The first kappa shape index (κ1) is 65.8. The number of ether oxygens (including phenoxy) is 3. The maximum Gasteiger partial charge on any atom is 0.306 e. The van der Waals surface area contributed by atoms with Crippen molar-refractivity contribution in [1.29, 1.82) is 0 Å². The lowest BCUT2D eigenvalue weighted by Gasteiger charge is -2.18. The van der Waals surface area contributed by atoms with Gasteiger partial charge in [0.2, 0.25) is 0 Å². The van der Waals surface area contributed by atoms with Gasteiger partial charge >= 0.3 is 17.9 Å². The number of hydrogen-bond donors (Lipinski definition) is 0. The highest BCUT2D eigenvalue weighted by Crippen LogP contribution is 2.15. The van der Waals surface area contributed by atoms with Crippen LogP contribution in [0, 0.1) is 0 Å². The van der Waals surface area contributed by atoms with Gasteiger partial charge in [-0.25, -0.2) is 0 Å². The molecule has 1 unspecified atom stereocenters. The first-order chi connectivity index (χ1) is 34.0. The number of allylic oxidation sites excluding steroid dienone is 12. The van der Waals surface area contributed by atoms with E-state index in [9.17, 15) is 14.4 Å². The molecule has 0 saturated heterocycles. The predicted octanol–water partition coefficient (Wildman–Crippen LogP) is 19.8. The van der Waals surface area contributed by atoms with Crippen LogP contribution in [0.1, 0.15) is 290 Å². The number of carbonyl (C=O) groups excluding carboxylic acids is 3.